The van der Waals surface area contributed by atoms with Crippen molar-refractivity contribution in [2.24, 2.45) is 16.8 Å². The van der Waals surface area contributed by atoms with Crippen LogP contribution in [0.15, 0.2) is 16.6 Å². The third kappa shape index (κ3) is 1.33. The molecule has 1 nitrogen and oxygen atoms in total. The zero-order valence-electron chi connectivity index (χ0n) is 8.01. The summed E-state index contributed by atoms with van der Waals surface area (Å²) in [5.41, 5.74) is 2.96. The lowest BCUT2D eigenvalue weighted by Crippen LogP contribution is -2.19. The number of fused-ring (bicyclic) bond motifs is 1. The van der Waals surface area contributed by atoms with Crippen molar-refractivity contribution in [3.63, 3.8) is 0 Å². The second-order valence-electron chi connectivity index (χ2n) is 4.26. The predicted molar refractivity (Wildman–Crippen MR) is 52.6 cm³/mol. The molecule has 1 aliphatic heterocycles. The first kappa shape index (κ1) is 8.03. The Morgan fingerprint density at radius 2 is 2.33 bits per heavy atom. The van der Waals surface area contributed by atoms with Gasteiger partial charge in [-0.1, -0.05) is 19.9 Å². The maximum atomic E-state index is 4.48. The summed E-state index contributed by atoms with van der Waals surface area (Å²) in [4.78, 5) is 4.48. The maximum Gasteiger partial charge on any atom is 0.0580 e. The molecule has 1 aliphatic carbocycles. The molecule has 0 amide bonds. The number of rotatable bonds is 1. The minimum atomic E-state index is 0.841. The quantitative estimate of drug-likeness (QED) is 0.563. The van der Waals surface area contributed by atoms with Crippen LogP contribution in [0.1, 0.15) is 33.1 Å². The average molecular weight is 163 g/mol. The van der Waals surface area contributed by atoms with Crippen molar-refractivity contribution < 1.29 is 0 Å². The van der Waals surface area contributed by atoms with Crippen molar-refractivity contribution in [3.8, 4) is 0 Å². The van der Waals surface area contributed by atoms with Gasteiger partial charge >= 0.3 is 0 Å². The van der Waals surface area contributed by atoms with Gasteiger partial charge in [-0.3, -0.25) is 4.99 Å². The van der Waals surface area contributed by atoms with E-state index in [1.165, 1.54) is 25.0 Å². The van der Waals surface area contributed by atoms with Crippen LogP contribution in [0.2, 0.25) is 0 Å². The highest BCUT2D eigenvalue weighted by atomic mass is 14.8. The Labute approximate surface area is 74.6 Å². The third-order valence-corrected chi connectivity index (χ3v) is 3.17. The van der Waals surface area contributed by atoms with Crippen LogP contribution >= 0.6 is 0 Å². The summed E-state index contributed by atoms with van der Waals surface area (Å²) in [5.74, 6) is 1.75. The van der Waals surface area contributed by atoms with E-state index in [0.29, 0.717) is 0 Å². The van der Waals surface area contributed by atoms with Gasteiger partial charge in [0, 0.05) is 5.71 Å². The topological polar surface area (TPSA) is 12.4 Å². The predicted octanol–water partition coefficient (Wildman–Crippen LogP) is 2.82. The van der Waals surface area contributed by atoms with Crippen LogP contribution in [0, 0.1) is 11.8 Å². The second-order valence-corrected chi connectivity index (χ2v) is 4.26. The number of allylic oxidation sites excluding steroid dienone is 1. The first-order chi connectivity index (χ1) is 5.77. The summed E-state index contributed by atoms with van der Waals surface area (Å²) in [5, 5.41) is 0. The molecule has 1 heterocycles. The lowest BCUT2D eigenvalue weighted by Gasteiger charge is -2.26. The fourth-order valence-corrected chi connectivity index (χ4v) is 2.20. The normalized spacial score (nSPS) is 28.4. The summed E-state index contributed by atoms with van der Waals surface area (Å²) < 4.78 is 0. The molecule has 0 spiro atoms. The van der Waals surface area contributed by atoms with Crippen molar-refractivity contribution >= 4 is 5.71 Å². The summed E-state index contributed by atoms with van der Waals surface area (Å²) >= 11 is 0. The van der Waals surface area contributed by atoms with Crippen molar-refractivity contribution in [1.29, 1.82) is 0 Å². The average Bonchev–Trinajstić information content (AvgIpc) is 2.49. The highest BCUT2D eigenvalue weighted by molar-refractivity contribution is 6.02. The van der Waals surface area contributed by atoms with Crippen LogP contribution in [-0.2, 0) is 0 Å². The molecule has 1 atom stereocenters. The summed E-state index contributed by atoms with van der Waals surface area (Å²) in [6.45, 7) is 5.63. The van der Waals surface area contributed by atoms with Crippen LogP contribution in [0.4, 0.5) is 0 Å². The molecule has 1 unspecified atom stereocenters. The van der Waals surface area contributed by atoms with Gasteiger partial charge in [0.2, 0.25) is 0 Å². The van der Waals surface area contributed by atoms with Crippen molar-refractivity contribution in [2.45, 2.75) is 33.1 Å². The van der Waals surface area contributed by atoms with Gasteiger partial charge in [-0.2, -0.15) is 0 Å². The number of nitrogens with zero attached hydrogens (tertiary/aromatic N) is 1. The fraction of sp³-hybridized carbons (Fsp3) is 0.727. The highest BCUT2D eigenvalue weighted by Gasteiger charge is 2.25. The van der Waals surface area contributed by atoms with Gasteiger partial charge in [0.25, 0.3) is 0 Å². The van der Waals surface area contributed by atoms with E-state index in [0.717, 1.165) is 18.4 Å². The molecular formula is C11H17N. The maximum absolute atomic E-state index is 4.48. The van der Waals surface area contributed by atoms with Crippen LogP contribution in [0.3, 0.4) is 0 Å². The van der Waals surface area contributed by atoms with Crippen LogP contribution < -0.4 is 0 Å². The van der Waals surface area contributed by atoms with E-state index in [1.54, 1.807) is 5.57 Å². The van der Waals surface area contributed by atoms with Gasteiger partial charge in [0.05, 0.1) is 6.54 Å². The van der Waals surface area contributed by atoms with Crippen LogP contribution in [0.25, 0.3) is 0 Å². The minimum absolute atomic E-state index is 0.841. The van der Waals surface area contributed by atoms with Gasteiger partial charge in [0.15, 0.2) is 0 Å². The number of aliphatic imine (C=N–C) groups is 1. The molecule has 0 saturated heterocycles. The van der Waals surface area contributed by atoms with E-state index in [1.807, 2.05) is 0 Å². The fourth-order valence-electron chi connectivity index (χ4n) is 2.20. The van der Waals surface area contributed by atoms with Gasteiger partial charge in [-0.25, -0.2) is 0 Å². The molecule has 1 saturated carbocycles. The van der Waals surface area contributed by atoms with E-state index >= 15 is 0 Å². The lowest BCUT2D eigenvalue weighted by molar-refractivity contribution is 0.356. The van der Waals surface area contributed by atoms with E-state index in [-0.39, 0.29) is 0 Å². The Hall–Kier alpha value is -0.590. The number of hydrogen-bond acceptors (Lipinski definition) is 1. The van der Waals surface area contributed by atoms with Gasteiger partial charge in [-0.05, 0) is 36.7 Å². The van der Waals surface area contributed by atoms with E-state index in [4.69, 9.17) is 0 Å². The Balaban J connectivity index is 2.07. The van der Waals surface area contributed by atoms with Gasteiger partial charge in [-0.15, -0.1) is 0 Å². The zero-order valence-corrected chi connectivity index (χ0v) is 8.01. The summed E-state index contributed by atoms with van der Waals surface area (Å²) in [7, 11) is 0. The monoisotopic (exact) mass is 163 g/mol. The molecule has 0 bridgehead atoms. The van der Waals surface area contributed by atoms with Crippen molar-refractivity contribution in [3.05, 3.63) is 11.6 Å². The van der Waals surface area contributed by atoms with Crippen molar-refractivity contribution in [2.75, 3.05) is 6.54 Å². The third-order valence-electron chi connectivity index (χ3n) is 3.17. The Morgan fingerprint density at radius 3 is 3.08 bits per heavy atom. The summed E-state index contributed by atoms with van der Waals surface area (Å²) in [6.07, 6.45) is 6.18. The minimum Gasteiger partial charge on any atom is -0.285 e. The Morgan fingerprint density at radius 1 is 1.50 bits per heavy atom. The molecule has 66 valence electrons. The second kappa shape index (κ2) is 3.04. The van der Waals surface area contributed by atoms with Crippen LogP contribution in [-0.4, -0.2) is 12.3 Å². The number of hydrogen-bond donors (Lipinski definition) is 0. The molecule has 0 aromatic heterocycles. The molecule has 1 fully saturated rings. The van der Waals surface area contributed by atoms with E-state index in [2.05, 4.69) is 24.9 Å². The van der Waals surface area contributed by atoms with E-state index in [9.17, 15) is 0 Å². The molecule has 2 rings (SSSR count). The molecule has 2 aliphatic rings. The molecule has 0 aromatic rings. The Bertz CT molecular complexity index is 235. The van der Waals surface area contributed by atoms with Crippen LogP contribution in [0.5, 0.6) is 0 Å². The lowest BCUT2D eigenvalue weighted by atomic mass is 9.79. The Kier molecular flexibility index (Phi) is 2.03. The SMILES string of the molecule is CC(C)C1CCC2=NCC=C2C1. The van der Waals surface area contributed by atoms with Gasteiger partial charge in [0.1, 0.15) is 0 Å². The van der Waals surface area contributed by atoms with Gasteiger partial charge < -0.3 is 0 Å². The first-order valence-corrected chi connectivity index (χ1v) is 5.00. The largest absolute Gasteiger partial charge is 0.285 e. The molecule has 0 N–H and O–H groups in total. The summed E-state index contributed by atoms with van der Waals surface area (Å²) in [6, 6.07) is 0. The standard InChI is InChI=1S/C11H17N/c1-8(2)9-3-4-11-10(7-9)5-6-12-11/h5,8-9H,3-4,6-7H2,1-2H3. The molecule has 0 aromatic carbocycles. The molecule has 12 heavy (non-hydrogen) atoms. The first-order valence-electron chi connectivity index (χ1n) is 5.00. The van der Waals surface area contributed by atoms with Crippen molar-refractivity contribution in [1.82, 2.24) is 0 Å². The molecule has 1 heteroatoms. The smallest absolute Gasteiger partial charge is 0.0580 e. The zero-order chi connectivity index (χ0) is 8.55. The molecular weight excluding hydrogens is 146 g/mol. The molecule has 0 radical (unpaired) electrons. The van der Waals surface area contributed by atoms with E-state index < -0.39 is 0 Å². The highest BCUT2D eigenvalue weighted by Crippen LogP contribution is 2.33.